The van der Waals surface area contributed by atoms with Crippen molar-refractivity contribution < 1.29 is 27.5 Å². The van der Waals surface area contributed by atoms with Gasteiger partial charge in [0, 0.05) is 5.41 Å². The number of hydrogen-bond donors (Lipinski definition) is 3. The highest BCUT2D eigenvalue weighted by molar-refractivity contribution is 7.92. The van der Waals surface area contributed by atoms with Crippen molar-refractivity contribution in [2.45, 2.75) is 0 Å². The third kappa shape index (κ3) is 6.95. The molecule has 0 atom stereocenters. The fraction of sp³-hybridized carbons (Fsp3) is 0.118. The summed E-state index contributed by atoms with van der Waals surface area (Å²) in [5.74, 6) is -2.33. The van der Waals surface area contributed by atoms with Gasteiger partial charge < -0.3 is 15.8 Å². The van der Waals surface area contributed by atoms with Gasteiger partial charge >= 0.3 is 5.97 Å². The van der Waals surface area contributed by atoms with Crippen LogP contribution in [0.25, 0.3) is 6.08 Å². The van der Waals surface area contributed by atoms with Crippen molar-refractivity contribution in [3.05, 3.63) is 58.3 Å². The summed E-state index contributed by atoms with van der Waals surface area (Å²) in [6.45, 7) is -1.28. The maximum atomic E-state index is 11.8. The Hall–Kier alpha value is -3.02. The van der Waals surface area contributed by atoms with E-state index < -0.39 is 41.0 Å². The van der Waals surface area contributed by atoms with Gasteiger partial charge in [-0.2, -0.15) is 0 Å². The van der Waals surface area contributed by atoms with E-state index in [1.54, 1.807) is 35.7 Å². The number of sulfonamides is 1. The smallest absolute Gasteiger partial charge is 0.321 e. The van der Waals surface area contributed by atoms with E-state index in [1.807, 2.05) is 4.72 Å². The third-order valence-corrected chi connectivity index (χ3v) is 5.08. The van der Waals surface area contributed by atoms with Gasteiger partial charge in [-0.05, 0) is 23.1 Å². The van der Waals surface area contributed by atoms with E-state index >= 15 is 0 Å². The van der Waals surface area contributed by atoms with Crippen molar-refractivity contribution in [2.24, 2.45) is 5.73 Å². The maximum Gasteiger partial charge on any atom is 0.321 e. The van der Waals surface area contributed by atoms with Gasteiger partial charge in [-0.25, -0.2) is 13.1 Å². The predicted octanol–water partition coefficient (Wildman–Crippen LogP) is 0.919. The average molecular weight is 423 g/mol. The Bertz CT molecular complexity index is 983. The number of anilines is 1. The van der Waals surface area contributed by atoms with E-state index in [9.17, 15) is 22.8 Å². The number of nitrogens with one attached hydrogen (secondary N) is 2. The van der Waals surface area contributed by atoms with Gasteiger partial charge in [0.05, 0.1) is 5.56 Å². The van der Waals surface area contributed by atoms with Crippen LogP contribution in [0.5, 0.6) is 0 Å². The monoisotopic (exact) mass is 423 g/mol. The number of amides is 2. The van der Waals surface area contributed by atoms with Crippen molar-refractivity contribution in [2.75, 3.05) is 18.5 Å². The molecule has 0 saturated heterocycles. The standard InChI is InChI=1S/C17H17N3O6S2/c18-16(23)13-6-8-27-17(13)20-14(21)11-26-15(22)10-19-28(24,25)9-7-12-4-2-1-3-5-12/h1-9,19H,10-11H2,(H2,18,23)(H,20,21)/b9-7+. The molecule has 9 nitrogen and oxygen atoms in total. The molecule has 0 saturated carbocycles. The van der Waals surface area contributed by atoms with Crippen LogP contribution in [0.4, 0.5) is 5.00 Å². The van der Waals surface area contributed by atoms with Crippen LogP contribution in [0.15, 0.2) is 47.2 Å². The minimum atomic E-state index is -3.85. The molecule has 0 fully saturated rings. The molecule has 1 aromatic heterocycles. The minimum Gasteiger partial charge on any atom is -0.455 e. The summed E-state index contributed by atoms with van der Waals surface area (Å²) in [6, 6.07) is 10.2. The summed E-state index contributed by atoms with van der Waals surface area (Å²) in [7, 11) is -3.85. The lowest BCUT2D eigenvalue weighted by Gasteiger charge is -2.06. The lowest BCUT2D eigenvalue weighted by molar-refractivity contribution is -0.146. The molecule has 0 aliphatic heterocycles. The minimum absolute atomic E-state index is 0.141. The average Bonchev–Trinajstić information content (AvgIpc) is 3.12. The highest BCUT2D eigenvalue weighted by atomic mass is 32.2. The topological polar surface area (TPSA) is 145 Å². The largest absolute Gasteiger partial charge is 0.455 e. The van der Waals surface area contributed by atoms with Crippen LogP contribution in [0.1, 0.15) is 15.9 Å². The summed E-state index contributed by atoms with van der Waals surface area (Å²) in [4.78, 5) is 34.6. The molecule has 2 amide bonds. The lowest BCUT2D eigenvalue weighted by atomic mass is 10.2. The molecular weight excluding hydrogens is 406 g/mol. The number of carbonyl (C=O) groups excluding carboxylic acids is 3. The van der Waals surface area contributed by atoms with Gasteiger partial charge in [0.15, 0.2) is 6.61 Å². The van der Waals surface area contributed by atoms with Crippen LogP contribution in [-0.4, -0.2) is 39.4 Å². The molecule has 28 heavy (non-hydrogen) atoms. The lowest BCUT2D eigenvalue weighted by Crippen LogP contribution is -2.31. The second kappa shape index (κ2) is 9.78. The molecule has 0 aliphatic rings. The highest BCUT2D eigenvalue weighted by Gasteiger charge is 2.15. The van der Waals surface area contributed by atoms with Gasteiger partial charge in [-0.1, -0.05) is 30.3 Å². The number of ether oxygens (including phenoxy) is 1. The number of thiophene rings is 1. The van der Waals surface area contributed by atoms with Gasteiger partial charge in [-0.3, -0.25) is 14.4 Å². The number of benzene rings is 1. The number of primary amides is 1. The van der Waals surface area contributed by atoms with Crippen molar-refractivity contribution in [3.63, 3.8) is 0 Å². The summed E-state index contributed by atoms with van der Waals surface area (Å²) in [5.41, 5.74) is 5.98. The molecule has 0 aliphatic carbocycles. The Morgan fingerprint density at radius 2 is 1.86 bits per heavy atom. The molecule has 148 valence electrons. The first-order chi connectivity index (χ1) is 13.3. The zero-order valence-corrected chi connectivity index (χ0v) is 16.1. The van der Waals surface area contributed by atoms with Crippen LogP contribution < -0.4 is 15.8 Å². The van der Waals surface area contributed by atoms with E-state index in [1.165, 1.54) is 12.1 Å². The normalized spacial score (nSPS) is 11.3. The fourth-order valence-electron chi connectivity index (χ4n) is 1.90. The van der Waals surface area contributed by atoms with Gasteiger partial charge in [0.1, 0.15) is 11.5 Å². The van der Waals surface area contributed by atoms with Crippen LogP contribution in [-0.2, 0) is 24.3 Å². The zero-order valence-electron chi connectivity index (χ0n) is 14.5. The molecule has 1 heterocycles. The summed E-state index contributed by atoms with van der Waals surface area (Å²) >= 11 is 1.09. The van der Waals surface area contributed by atoms with Crippen molar-refractivity contribution in [1.29, 1.82) is 0 Å². The number of hydrogen-bond acceptors (Lipinski definition) is 7. The second-order valence-corrected chi connectivity index (χ2v) is 7.88. The molecule has 0 unspecified atom stereocenters. The second-order valence-electron chi connectivity index (χ2n) is 5.32. The Labute approximate surface area is 165 Å². The Morgan fingerprint density at radius 1 is 1.14 bits per heavy atom. The van der Waals surface area contributed by atoms with Crippen molar-refractivity contribution >= 4 is 50.2 Å². The van der Waals surface area contributed by atoms with E-state index in [4.69, 9.17) is 10.5 Å². The van der Waals surface area contributed by atoms with Crippen molar-refractivity contribution in [1.82, 2.24) is 4.72 Å². The van der Waals surface area contributed by atoms with Crippen LogP contribution >= 0.6 is 11.3 Å². The molecular formula is C17H17N3O6S2. The molecule has 2 aromatic rings. The van der Waals surface area contributed by atoms with Crippen LogP contribution in [0.3, 0.4) is 0 Å². The summed E-state index contributed by atoms with van der Waals surface area (Å²) in [5, 5.41) is 5.12. The molecule has 0 radical (unpaired) electrons. The summed E-state index contributed by atoms with van der Waals surface area (Å²) < 4.78 is 30.4. The fourth-order valence-corrected chi connectivity index (χ4v) is 3.46. The quantitative estimate of drug-likeness (QED) is 0.512. The molecule has 4 N–H and O–H groups in total. The number of esters is 1. The SMILES string of the molecule is NC(=O)c1ccsc1NC(=O)COC(=O)CNS(=O)(=O)/C=C/c1ccccc1. The number of rotatable bonds is 9. The first kappa shape index (κ1) is 21.3. The Morgan fingerprint density at radius 3 is 2.54 bits per heavy atom. The first-order valence-electron chi connectivity index (χ1n) is 7.82. The zero-order chi connectivity index (χ0) is 20.6. The molecule has 1 aromatic carbocycles. The maximum absolute atomic E-state index is 11.8. The molecule has 2 rings (SSSR count). The molecule has 11 heteroatoms. The van der Waals surface area contributed by atoms with E-state index in [2.05, 4.69) is 5.32 Å². The van der Waals surface area contributed by atoms with Crippen LogP contribution in [0.2, 0.25) is 0 Å². The summed E-state index contributed by atoms with van der Waals surface area (Å²) in [6.07, 6.45) is 1.37. The highest BCUT2D eigenvalue weighted by Crippen LogP contribution is 2.22. The Kier molecular flexibility index (Phi) is 7.44. The van der Waals surface area contributed by atoms with E-state index in [0.29, 0.717) is 5.56 Å². The van der Waals surface area contributed by atoms with Gasteiger partial charge in [0.2, 0.25) is 10.0 Å². The van der Waals surface area contributed by atoms with E-state index in [-0.39, 0.29) is 10.6 Å². The molecule has 0 bridgehead atoms. The third-order valence-electron chi connectivity index (χ3n) is 3.20. The number of nitrogens with two attached hydrogens (primary N) is 1. The Balaban J connectivity index is 1.77. The number of carbonyl (C=O) groups is 3. The molecule has 0 spiro atoms. The van der Waals surface area contributed by atoms with Crippen LogP contribution in [0, 0.1) is 0 Å². The van der Waals surface area contributed by atoms with E-state index in [0.717, 1.165) is 16.7 Å². The van der Waals surface area contributed by atoms with Gasteiger partial charge in [-0.15, -0.1) is 11.3 Å². The van der Waals surface area contributed by atoms with Gasteiger partial charge in [0.25, 0.3) is 11.8 Å². The van der Waals surface area contributed by atoms with Crippen molar-refractivity contribution in [3.8, 4) is 0 Å². The predicted molar refractivity (Wildman–Crippen MR) is 105 cm³/mol. The first-order valence-corrected chi connectivity index (χ1v) is 10.2.